The lowest BCUT2D eigenvalue weighted by Crippen LogP contribution is -2.29. The second kappa shape index (κ2) is 8.41. The van der Waals surface area contributed by atoms with Crippen LogP contribution in [0.1, 0.15) is 17.2 Å². The molecule has 1 fully saturated rings. The molecule has 1 saturated heterocycles. The lowest BCUT2D eigenvalue weighted by atomic mass is 9.94. The van der Waals surface area contributed by atoms with E-state index in [1.54, 1.807) is 55.6 Å². The number of aliphatic hydroxyl groups is 1. The first-order chi connectivity index (χ1) is 16.5. The average Bonchev–Trinajstić information content (AvgIpc) is 3.14. The predicted octanol–water partition coefficient (Wildman–Crippen LogP) is 5.18. The number of Topliss-reactive ketones (excluding diaryl/α,β-unsaturated/α-hetero) is 1. The number of aliphatic hydroxyl groups excluding tert-OH is 1. The number of aromatic hydroxyl groups is 1. The van der Waals surface area contributed by atoms with E-state index in [1.165, 1.54) is 17.0 Å². The first-order valence-electron chi connectivity index (χ1n) is 10.7. The Morgan fingerprint density at radius 3 is 2.21 bits per heavy atom. The minimum Gasteiger partial charge on any atom is -0.508 e. The van der Waals surface area contributed by atoms with Gasteiger partial charge in [-0.2, -0.15) is 0 Å². The van der Waals surface area contributed by atoms with Crippen molar-refractivity contribution in [3.8, 4) is 11.5 Å². The number of amides is 1. The van der Waals surface area contributed by atoms with Crippen molar-refractivity contribution in [2.75, 3.05) is 12.0 Å². The SMILES string of the molecule is COc1ccc(N2C(=O)C(=O)/C(=C(\O)c3ccc4ccccc4c3)C2c2ccc(O)cc2)cc1. The smallest absolute Gasteiger partial charge is 0.300 e. The van der Waals surface area contributed by atoms with Crippen molar-refractivity contribution in [3.05, 3.63) is 108 Å². The van der Waals surface area contributed by atoms with Crippen molar-refractivity contribution in [2.24, 2.45) is 0 Å². The zero-order chi connectivity index (χ0) is 23.8. The number of ether oxygens (including phenoxy) is 1. The summed E-state index contributed by atoms with van der Waals surface area (Å²) in [6.45, 7) is 0. The van der Waals surface area contributed by atoms with E-state index in [1.807, 2.05) is 30.3 Å². The molecular formula is C28H21NO5. The lowest BCUT2D eigenvalue weighted by molar-refractivity contribution is -0.132. The molecule has 1 amide bonds. The van der Waals surface area contributed by atoms with Gasteiger partial charge in [-0.1, -0.05) is 48.5 Å². The molecule has 168 valence electrons. The highest BCUT2D eigenvalue weighted by Crippen LogP contribution is 2.43. The molecule has 4 aromatic carbocycles. The number of methoxy groups -OCH3 is 1. The fourth-order valence-electron chi connectivity index (χ4n) is 4.31. The molecule has 0 aliphatic carbocycles. The molecule has 6 heteroatoms. The van der Waals surface area contributed by atoms with Crippen LogP contribution in [0.4, 0.5) is 5.69 Å². The zero-order valence-electron chi connectivity index (χ0n) is 18.3. The molecule has 6 nitrogen and oxygen atoms in total. The summed E-state index contributed by atoms with van der Waals surface area (Å²) in [5.41, 5.74) is 1.49. The van der Waals surface area contributed by atoms with E-state index in [9.17, 15) is 19.8 Å². The number of hydrogen-bond acceptors (Lipinski definition) is 5. The molecule has 0 bridgehead atoms. The Kier molecular flexibility index (Phi) is 5.26. The molecule has 1 aliphatic rings. The van der Waals surface area contributed by atoms with Gasteiger partial charge in [-0.25, -0.2) is 0 Å². The molecule has 0 spiro atoms. The first kappa shape index (κ1) is 21.3. The summed E-state index contributed by atoms with van der Waals surface area (Å²) in [6.07, 6.45) is 0. The number of benzene rings is 4. The van der Waals surface area contributed by atoms with E-state index in [0.29, 0.717) is 22.6 Å². The maximum absolute atomic E-state index is 13.3. The molecule has 0 aromatic heterocycles. The van der Waals surface area contributed by atoms with Crippen LogP contribution in [0, 0.1) is 0 Å². The number of rotatable bonds is 4. The number of fused-ring (bicyclic) bond motifs is 1. The monoisotopic (exact) mass is 451 g/mol. The van der Waals surface area contributed by atoms with Crippen LogP contribution in [-0.4, -0.2) is 29.0 Å². The molecule has 1 atom stereocenters. The summed E-state index contributed by atoms with van der Waals surface area (Å²) in [4.78, 5) is 27.8. The summed E-state index contributed by atoms with van der Waals surface area (Å²) < 4.78 is 5.21. The Morgan fingerprint density at radius 2 is 1.53 bits per heavy atom. The molecule has 1 aliphatic heterocycles. The van der Waals surface area contributed by atoms with Gasteiger partial charge in [0.05, 0.1) is 18.7 Å². The molecule has 34 heavy (non-hydrogen) atoms. The standard InChI is InChI=1S/C28H21NO5/c1-34-23-14-10-21(11-15-23)29-25(18-8-12-22(30)13-9-18)24(27(32)28(29)33)26(31)20-7-6-17-4-2-3-5-19(17)16-20/h2-16,25,30-31H,1H3/b26-24-. The normalized spacial score (nSPS) is 17.3. The van der Waals surface area contributed by atoms with Crippen molar-refractivity contribution < 1.29 is 24.5 Å². The van der Waals surface area contributed by atoms with Gasteiger partial charge in [0.2, 0.25) is 0 Å². The zero-order valence-corrected chi connectivity index (χ0v) is 18.3. The van der Waals surface area contributed by atoms with Crippen molar-refractivity contribution in [1.29, 1.82) is 0 Å². The van der Waals surface area contributed by atoms with Gasteiger partial charge >= 0.3 is 0 Å². The second-order valence-corrected chi connectivity index (χ2v) is 8.02. The number of nitrogens with zero attached hydrogens (tertiary/aromatic N) is 1. The van der Waals surface area contributed by atoms with Gasteiger partial charge in [-0.3, -0.25) is 14.5 Å². The van der Waals surface area contributed by atoms with Crippen molar-refractivity contribution in [1.82, 2.24) is 0 Å². The number of hydrogen-bond donors (Lipinski definition) is 2. The average molecular weight is 451 g/mol. The van der Waals surface area contributed by atoms with Crippen LogP contribution >= 0.6 is 0 Å². The predicted molar refractivity (Wildman–Crippen MR) is 130 cm³/mol. The molecule has 0 saturated carbocycles. The second-order valence-electron chi connectivity index (χ2n) is 8.02. The van der Waals surface area contributed by atoms with E-state index in [4.69, 9.17) is 4.74 Å². The van der Waals surface area contributed by atoms with Crippen LogP contribution in [0.5, 0.6) is 11.5 Å². The highest BCUT2D eigenvalue weighted by Gasteiger charge is 2.47. The number of phenolic OH excluding ortho intramolecular Hbond substituents is 1. The lowest BCUT2D eigenvalue weighted by Gasteiger charge is -2.25. The molecule has 2 N–H and O–H groups in total. The molecule has 5 rings (SSSR count). The highest BCUT2D eigenvalue weighted by molar-refractivity contribution is 6.51. The third-order valence-electron chi connectivity index (χ3n) is 6.03. The van der Waals surface area contributed by atoms with Gasteiger partial charge < -0.3 is 14.9 Å². The van der Waals surface area contributed by atoms with Crippen LogP contribution in [0.25, 0.3) is 16.5 Å². The van der Waals surface area contributed by atoms with E-state index in [2.05, 4.69) is 0 Å². The van der Waals surface area contributed by atoms with Gasteiger partial charge in [0.15, 0.2) is 0 Å². The summed E-state index contributed by atoms with van der Waals surface area (Å²) in [5, 5.41) is 23.0. The fourth-order valence-corrected chi connectivity index (χ4v) is 4.31. The molecule has 4 aromatic rings. The Balaban J connectivity index is 1.70. The summed E-state index contributed by atoms with van der Waals surface area (Å²) >= 11 is 0. The van der Waals surface area contributed by atoms with Crippen LogP contribution in [0.3, 0.4) is 0 Å². The maximum atomic E-state index is 13.3. The van der Waals surface area contributed by atoms with Gasteiger partial charge in [-0.15, -0.1) is 0 Å². The third kappa shape index (κ3) is 3.55. The van der Waals surface area contributed by atoms with Crippen LogP contribution in [0.15, 0.2) is 96.6 Å². The van der Waals surface area contributed by atoms with Crippen molar-refractivity contribution in [2.45, 2.75) is 6.04 Å². The van der Waals surface area contributed by atoms with E-state index in [0.717, 1.165) is 10.8 Å². The minimum atomic E-state index is -0.875. The van der Waals surface area contributed by atoms with Crippen molar-refractivity contribution in [3.63, 3.8) is 0 Å². The minimum absolute atomic E-state index is 0.0122. The van der Waals surface area contributed by atoms with E-state index < -0.39 is 17.7 Å². The van der Waals surface area contributed by atoms with Crippen molar-refractivity contribution >= 4 is 33.9 Å². The Bertz CT molecular complexity index is 1440. The molecular weight excluding hydrogens is 430 g/mol. The van der Waals surface area contributed by atoms with E-state index in [-0.39, 0.29) is 17.1 Å². The molecule has 1 unspecified atom stereocenters. The topological polar surface area (TPSA) is 87.1 Å². The van der Waals surface area contributed by atoms with Gasteiger partial charge in [-0.05, 0) is 58.8 Å². The molecule has 0 radical (unpaired) electrons. The van der Waals surface area contributed by atoms with E-state index >= 15 is 0 Å². The van der Waals surface area contributed by atoms with Gasteiger partial charge in [0, 0.05) is 11.3 Å². The Labute approximate surface area is 196 Å². The highest BCUT2D eigenvalue weighted by atomic mass is 16.5. The van der Waals surface area contributed by atoms with Crippen LogP contribution in [-0.2, 0) is 9.59 Å². The first-order valence-corrected chi connectivity index (χ1v) is 10.7. The third-order valence-corrected chi connectivity index (χ3v) is 6.03. The maximum Gasteiger partial charge on any atom is 0.300 e. The van der Waals surface area contributed by atoms with Crippen LogP contribution in [0.2, 0.25) is 0 Å². The molecule has 1 heterocycles. The summed E-state index contributed by atoms with van der Waals surface area (Å²) in [6, 6.07) is 25.2. The quantitative estimate of drug-likeness (QED) is 0.254. The van der Waals surface area contributed by atoms with Gasteiger partial charge in [0.1, 0.15) is 17.3 Å². The number of carbonyl (C=O) groups is 2. The summed E-state index contributed by atoms with van der Waals surface area (Å²) in [5.74, 6) is -1.11. The number of phenols is 1. The fraction of sp³-hybridized carbons (Fsp3) is 0.0714. The number of ketones is 1. The largest absolute Gasteiger partial charge is 0.508 e. The Morgan fingerprint density at radius 1 is 0.853 bits per heavy atom. The summed E-state index contributed by atoms with van der Waals surface area (Å²) in [7, 11) is 1.54. The van der Waals surface area contributed by atoms with Crippen LogP contribution < -0.4 is 9.64 Å². The number of carbonyl (C=O) groups excluding carboxylic acids is 2. The van der Waals surface area contributed by atoms with Gasteiger partial charge in [0.25, 0.3) is 11.7 Å². The Hall–Kier alpha value is -4.58. The number of anilines is 1.